The first-order valence-electron chi connectivity index (χ1n) is 5.69. The Balaban J connectivity index is 2.26. The predicted octanol–water partition coefficient (Wildman–Crippen LogP) is 2.81. The van der Waals surface area contributed by atoms with Crippen molar-refractivity contribution in [3.8, 4) is 11.5 Å². The highest BCUT2D eigenvalue weighted by Crippen LogP contribution is 2.27. The van der Waals surface area contributed by atoms with Crippen LogP contribution in [-0.2, 0) is 0 Å². The molecule has 0 amide bonds. The fourth-order valence-corrected chi connectivity index (χ4v) is 1.55. The van der Waals surface area contributed by atoms with Gasteiger partial charge in [-0.2, -0.15) is 0 Å². The second-order valence-electron chi connectivity index (χ2n) is 3.99. The Bertz CT molecular complexity index is 617. The van der Waals surface area contributed by atoms with Crippen molar-refractivity contribution in [3.63, 3.8) is 0 Å². The molecule has 0 aliphatic rings. The topological polar surface area (TPSA) is 63.6 Å². The van der Waals surface area contributed by atoms with E-state index in [1.165, 1.54) is 25.1 Å². The molecule has 0 spiro atoms. The lowest BCUT2D eigenvalue weighted by molar-refractivity contribution is 0.0728. The van der Waals surface area contributed by atoms with Crippen molar-refractivity contribution < 1.29 is 19.4 Å². The van der Waals surface area contributed by atoms with Gasteiger partial charge < -0.3 is 9.84 Å². The lowest BCUT2D eigenvalue weighted by Gasteiger charge is -2.07. The molecule has 2 rings (SSSR count). The highest BCUT2D eigenvalue weighted by atomic mass is 16.5. The minimum Gasteiger partial charge on any atom is -0.504 e. The van der Waals surface area contributed by atoms with Crippen molar-refractivity contribution >= 4 is 11.8 Å². The van der Waals surface area contributed by atoms with E-state index in [2.05, 4.69) is 0 Å². The van der Waals surface area contributed by atoms with Crippen LogP contribution < -0.4 is 4.74 Å². The Labute approximate surface area is 110 Å². The van der Waals surface area contributed by atoms with Gasteiger partial charge in [0.05, 0.1) is 5.56 Å². The molecule has 19 heavy (non-hydrogen) atoms. The van der Waals surface area contributed by atoms with Crippen LogP contribution in [0.15, 0.2) is 48.5 Å². The van der Waals surface area contributed by atoms with Crippen molar-refractivity contribution in [2.24, 2.45) is 0 Å². The first-order chi connectivity index (χ1) is 9.08. The van der Waals surface area contributed by atoms with Crippen LogP contribution in [0.5, 0.6) is 11.5 Å². The van der Waals surface area contributed by atoms with Gasteiger partial charge in [-0.05, 0) is 37.3 Å². The normalized spacial score (nSPS) is 9.95. The van der Waals surface area contributed by atoms with E-state index in [-0.39, 0.29) is 17.3 Å². The zero-order chi connectivity index (χ0) is 13.8. The maximum Gasteiger partial charge on any atom is 0.343 e. The van der Waals surface area contributed by atoms with Crippen molar-refractivity contribution in [2.75, 3.05) is 0 Å². The van der Waals surface area contributed by atoms with Gasteiger partial charge in [0.15, 0.2) is 17.3 Å². The molecule has 4 nitrogen and oxygen atoms in total. The predicted molar refractivity (Wildman–Crippen MR) is 69.5 cm³/mol. The van der Waals surface area contributed by atoms with Crippen molar-refractivity contribution in [3.05, 3.63) is 59.7 Å². The van der Waals surface area contributed by atoms with Gasteiger partial charge >= 0.3 is 5.97 Å². The summed E-state index contributed by atoms with van der Waals surface area (Å²) in [6.07, 6.45) is 0. The minimum atomic E-state index is -0.586. The van der Waals surface area contributed by atoms with Crippen LogP contribution in [0, 0.1) is 0 Å². The number of ketones is 1. The van der Waals surface area contributed by atoms with Gasteiger partial charge in [-0.1, -0.05) is 18.2 Å². The molecule has 2 aromatic rings. The second-order valence-corrected chi connectivity index (χ2v) is 3.99. The first kappa shape index (κ1) is 12.8. The highest BCUT2D eigenvalue weighted by Gasteiger charge is 2.12. The summed E-state index contributed by atoms with van der Waals surface area (Å²) in [5, 5.41) is 9.62. The summed E-state index contributed by atoms with van der Waals surface area (Å²) in [6, 6.07) is 12.6. The Hall–Kier alpha value is -2.62. The smallest absolute Gasteiger partial charge is 0.343 e. The molecule has 0 bridgehead atoms. The molecule has 96 valence electrons. The first-order valence-corrected chi connectivity index (χ1v) is 5.69. The van der Waals surface area contributed by atoms with Gasteiger partial charge in [-0.3, -0.25) is 4.79 Å². The molecule has 0 heterocycles. The van der Waals surface area contributed by atoms with Crippen molar-refractivity contribution in [1.82, 2.24) is 0 Å². The molecule has 0 radical (unpaired) electrons. The lowest BCUT2D eigenvalue weighted by Crippen LogP contribution is -2.08. The number of hydrogen-bond donors (Lipinski definition) is 1. The SMILES string of the molecule is CC(=O)c1ccc(O)c(OC(=O)c2ccccc2)c1. The third-order valence-corrected chi connectivity index (χ3v) is 2.58. The molecule has 1 N–H and O–H groups in total. The third-order valence-electron chi connectivity index (χ3n) is 2.58. The number of carbonyl (C=O) groups is 2. The number of hydrogen-bond acceptors (Lipinski definition) is 4. The summed E-state index contributed by atoms with van der Waals surface area (Å²) in [5.74, 6) is -0.968. The van der Waals surface area contributed by atoms with Crippen LogP contribution in [0.4, 0.5) is 0 Å². The van der Waals surface area contributed by atoms with Gasteiger partial charge in [0.1, 0.15) is 0 Å². The minimum absolute atomic E-state index is 0.0263. The lowest BCUT2D eigenvalue weighted by atomic mass is 10.1. The summed E-state index contributed by atoms with van der Waals surface area (Å²) in [4.78, 5) is 23.1. The Morgan fingerprint density at radius 1 is 1.00 bits per heavy atom. The van der Waals surface area contributed by atoms with E-state index < -0.39 is 5.97 Å². The highest BCUT2D eigenvalue weighted by molar-refractivity contribution is 5.95. The van der Waals surface area contributed by atoms with Gasteiger partial charge in [0.25, 0.3) is 0 Å². The average Bonchev–Trinajstić information content (AvgIpc) is 2.42. The number of Topliss-reactive ketones (excluding diaryl/α,β-unsaturated/α-hetero) is 1. The van der Waals surface area contributed by atoms with Crippen LogP contribution in [0.25, 0.3) is 0 Å². The largest absolute Gasteiger partial charge is 0.504 e. The van der Waals surface area contributed by atoms with Gasteiger partial charge in [0, 0.05) is 5.56 Å². The molecule has 0 fully saturated rings. The second kappa shape index (κ2) is 5.35. The maximum atomic E-state index is 11.8. The Morgan fingerprint density at radius 2 is 1.68 bits per heavy atom. The van der Waals surface area contributed by atoms with Crippen LogP contribution in [0.1, 0.15) is 27.6 Å². The van der Waals surface area contributed by atoms with Gasteiger partial charge in [-0.25, -0.2) is 4.79 Å². The van der Waals surface area contributed by atoms with E-state index in [1.807, 2.05) is 0 Å². The molecule has 0 aliphatic heterocycles. The molecular formula is C15H12O4. The van der Waals surface area contributed by atoms with E-state index in [0.29, 0.717) is 11.1 Å². The summed E-state index contributed by atoms with van der Waals surface area (Å²) in [7, 11) is 0. The molecule has 0 aromatic heterocycles. The average molecular weight is 256 g/mol. The molecule has 0 aliphatic carbocycles. The number of phenols is 1. The Kier molecular flexibility index (Phi) is 3.61. The number of aromatic hydroxyl groups is 1. The summed E-state index contributed by atoms with van der Waals surface area (Å²) in [6.45, 7) is 1.40. The maximum absolute atomic E-state index is 11.8. The van der Waals surface area contributed by atoms with E-state index in [1.54, 1.807) is 30.3 Å². The summed E-state index contributed by atoms with van der Waals surface area (Å²) in [5.41, 5.74) is 0.740. The molecular weight excluding hydrogens is 244 g/mol. The van der Waals surface area contributed by atoms with Crippen molar-refractivity contribution in [1.29, 1.82) is 0 Å². The van der Waals surface area contributed by atoms with Gasteiger partial charge in [-0.15, -0.1) is 0 Å². The van der Waals surface area contributed by atoms with E-state index in [0.717, 1.165) is 0 Å². The quantitative estimate of drug-likeness (QED) is 0.521. The molecule has 2 aromatic carbocycles. The zero-order valence-electron chi connectivity index (χ0n) is 10.3. The Morgan fingerprint density at radius 3 is 2.32 bits per heavy atom. The number of carbonyl (C=O) groups excluding carboxylic acids is 2. The summed E-state index contributed by atoms with van der Waals surface area (Å²) >= 11 is 0. The third kappa shape index (κ3) is 2.98. The molecule has 0 saturated heterocycles. The number of esters is 1. The molecule has 4 heteroatoms. The van der Waals surface area contributed by atoms with Gasteiger partial charge in [0.2, 0.25) is 0 Å². The fraction of sp³-hybridized carbons (Fsp3) is 0.0667. The van der Waals surface area contributed by atoms with E-state index in [4.69, 9.17) is 4.74 Å². The standard InChI is InChI=1S/C15H12O4/c1-10(16)12-7-8-13(17)14(9-12)19-15(18)11-5-3-2-4-6-11/h2-9,17H,1H3. The van der Waals surface area contributed by atoms with Crippen LogP contribution in [0.2, 0.25) is 0 Å². The number of rotatable bonds is 3. The van der Waals surface area contributed by atoms with Crippen LogP contribution >= 0.6 is 0 Å². The van der Waals surface area contributed by atoms with Crippen LogP contribution in [0.3, 0.4) is 0 Å². The molecule has 0 saturated carbocycles. The number of ether oxygens (including phenoxy) is 1. The van der Waals surface area contributed by atoms with E-state index >= 15 is 0 Å². The molecule has 0 unspecified atom stereocenters. The van der Waals surface area contributed by atoms with Crippen molar-refractivity contribution in [2.45, 2.75) is 6.92 Å². The summed E-state index contributed by atoms with van der Waals surface area (Å²) < 4.78 is 5.08. The monoisotopic (exact) mass is 256 g/mol. The number of phenolic OH excluding ortho intramolecular Hbond substituents is 1. The molecule has 0 atom stereocenters. The van der Waals surface area contributed by atoms with Crippen LogP contribution in [-0.4, -0.2) is 16.9 Å². The van der Waals surface area contributed by atoms with E-state index in [9.17, 15) is 14.7 Å². The number of benzene rings is 2. The zero-order valence-corrected chi connectivity index (χ0v) is 10.3. The fourth-order valence-electron chi connectivity index (χ4n) is 1.55.